The summed E-state index contributed by atoms with van der Waals surface area (Å²) in [5, 5.41) is 2.80. The molecule has 17 heavy (non-hydrogen) atoms. The van der Waals surface area contributed by atoms with Gasteiger partial charge in [-0.1, -0.05) is 6.92 Å². The maximum absolute atomic E-state index is 12.2. The third kappa shape index (κ3) is 1.83. The molecule has 2 unspecified atom stereocenters. The minimum atomic E-state index is -3.20. The minimum Gasteiger partial charge on any atom is -0.497 e. The van der Waals surface area contributed by atoms with Crippen LogP contribution >= 0.6 is 0 Å². The van der Waals surface area contributed by atoms with Crippen molar-refractivity contribution in [2.45, 2.75) is 30.0 Å². The van der Waals surface area contributed by atoms with Crippen LogP contribution in [0.25, 0.3) is 0 Å². The molecule has 0 radical (unpaired) electrons. The van der Waals surface area contributed by atoms with Crippen LogP contribution < -0.4 is 10.1 Å². The van der Waals surface area contributed by atoms with Crippen LogP contribution in [0.1, 0.15) is 25.5 Å². The van der Waals surface area contributed by atoms with Crippen LogP contribution in [-0.2, 0) is 9.84 Å². The lowest BCUT2D eigenvalue weighted by Gasteiger charge is -2.16. The molecular formula is C12H17NO3S. The van der Waals surface area contributed by atoms with E-state index in [2.05, 4.69) is 5.32 Å². The maximum atomic E-state index is 12.2. The Kier molecular flexibility index (Phi) is 3.14. The Morgan fingerprint density at radius 2 is 2.12 bits per heavy atom. The Morgan fingerprint density at radius 1 is 1.41 bits per heavy atom. The summed E-state index contributed by atoms with van der Waals surface area (Å²) in [6.07, 6.45) is 0. The van der Waals surface area contributed by atoms with Gasteiger partial charge in [0, 0.05) is 0 Å². The summed E-state index contributed by atoms with van der Waals surface area (Å²) in [5.74, 6) is 0.691. The van der Waals surface area contributed by atoms with E-state index in [0.717, 1.165) is 12.1 Å². The summed E-state index contributed by atoms with van der Waals surface area (Å²) in [4.78, 5) is 0.428. The normalized spacial score (nSPS) is 25.6. The molecule has 0 fully saturated rings. The maximum Gasteiger partial charge on any atom is 0.183 e. The molecule has 0 amide bonds. The van der Waals surface area contributed by atoms with Gasteiger partial charge in [-0.05, 0) is 37.2 Å². The van der Waals surface area contributed by atoms with E-state index in [0.29, 0.717) is 10.6 Å². The van der Waals surface area contributed by atoms with Gasteiger partial charge in [0.15, 0.2) is 9.84 Å². The highest BCUT2D eigenvalue weighted by atomic mass is 32.2. The van der Waals surface area contributed by atoms with Crippen molar-refractivity contribution < 1.29 is 13.2 Å². The van der Waals surface area contributed by atoms with Crippen LogP contribution in [0.3, 0.4) is 0 Å². The fraction of sp³-hybridized carbons (Fsp3) is 0.500. The Bertz CT molecular complexity index is 525. The number of hydrogen-bond donors (Lipinski definition) is 1. The number of benzene rings is 1. The molecule has 1 heterocycles. The van der Waals surface area contributed by atoms with Crippen molar-refractivity contribution in [2.24, 2.45) is 0 Å². The van der Waals surface area contributed by atoms with Gasteiger partial charge in [0.05, 0.1) is 23.3 Å². The van der Waals surface area contributed by atoms with Gasteiger partial charge in [-0.2, -0.15) is 0 Å². The molecular weight excluding hydrogens is 238 g/mol. The third-order valence-corrected chi connectivity index (χ3v) is 5.48. The first-order valence-electron chi connectivity index (χ1n) is 5.67. The Hall–Kier alpha value is -1.07. The Morgan fingerprint density at radius 3 is 2.71 bits per heavy atom. The smallest absolute Gasteiger partial charge is 0.183 e. The number of sulfone groups is 1. The second-order valence-electron chi connectivity index (χ2n) is 4.19. The number of nitrogens with one attached hydrogen (secondary N) is 1. The van der Waals surface area contributed by atoms with Gasteiger partial charge in [0.25, 0.3) is 0 Å². The van der Waals surface area contributed by atoms with E-state index in [1.165, 1.54) is 0 Å². The van der Waals surface area contributed by atoms with E-state index in [9.17, 15) is 8.42 Å². The minimum absolute atomic E-state index is 0.143. The summed E-state index contributed by atoms with van der Waals surface area (Å²) in [6, 6.07) is 4.99. The summed E-state index contributed by atoms with van der Waals surface area (Å²) in [6.45, 7) is 4.45. The molecule has 4 nitrogen and oxygen atoms in total. The Balaban J connectivity index is 2.58. The lowest BCUT2D eigenvalue weighted by molar-refractivity contribution is 0.412. The van der Waals surface area contributed by atoms with E-state index in [-0.39, 0.29) is 6.04 Å². The fourth-order valence-corrected chi connectivity index (χ4v) is 4.06. The monoisotopic (exact) mass is 255 g/mol. The zero-order chi connectivity index (χ0) is 12.6. The van der Waals surface area contributed by atoms with Crippen molar-refractivity contribution in [2.75, 3.05) is 13.7 Å². The number of ether oxygens (including phenoxy) is 1. The standard InChI is InChI=1S/C12H17NO3S/c1-4-13-12-8(2)17(14,15)11-6-5-9(16-3)7-10(11)12/h5-8,12-13H,4H2,1-3H3. The summed E-state index contributed by atoms with van der Waals surface area (Å²) < 4.78 is 29.5. The largest absolute Gasteiger partial charge is 0.497 e. The molecule has 5 heteroatoms. The van der Waals surface area contributed by atoms with Gasteiger partial charge < -0.3 is 10.1 Å². The molecule has 0 spiro atoms. The SMILES string of the molecule is CCNC1c2cc(OC)ccc2S(=O)(=O)C1C. The van der Waals surface area contributed by atoms with E-state index in [4.69, 9.17) is 4.74 Å². The highest BCUT2D eigenvalue weighted by Gasteiger charge is 2.41. The molecule has 1 aromatic carbocycles. The molecule has 1 N–H and O–H groups in total. The predicted octanol–water partition coefficient (Wildman–Crippen LogP) is 1.52. The van der Waals surface area contributed by atoms with Crippen LogP contribution in [0.5, 0.6) is 5.75 Å². The molecule has 0 saturated heterocycles. The van der Waals surface area contributed by atoms with Crippen molar-refractivity contribution in [3.63, 3.8) is 0 Å². The van der Waals surface area contributed by atoms with Crippen LogP contribution in [0.2, 0.25) is 0 Å². The van der Waals surface area contributed by atoms with E-state index in [1.54, 1.807) is 26.2 Å². The predicted molar refractivity (Wildman–Crippen MR) is 66.1 cm³/mol. The Labute approximate surface area is 102 Å². The summed E-state index contributed by atoms with van der Waals surface area (Å²) >= 11 is 0. The van der Waals surface area contributed by atoms with Crippen molar-refractivity contribution in [3.05, 3.63) is 23.8 Å². The van der Waals surface area contributed by atoms with Gasteiger partial charge in [-0.3, -0.25) is 0 Å². The first kappa shape index (κ1) is 12.4. The lowest BCUT2D eigenvalue weighted by Crippen LogP contribution is -2.29. The van der Waals surface area contributed by atoms with Crippen molar-refractivity contribution in [1.29, 1.82) is 0 Å². The van der Waals surface area contributed by atoms with Gasteiger partial charge in [0.1, 0.15) is 5.75 Å². The highest BCUT2D eigenvalue weighted by molar-refractivity contribution is 7.92. The van der Waals surface area contributed by atoms with E-state index >= 15 is 0 Å². The van der Waals surface area contributed by atoms with Gasteiger partial charge >= 0.3 is 0 Å². The van der Waals surface area contributed by atoms with Crippen LogP contribution in [0, 0.1) is 0 Å². The molecule has 94 valence electrons. The fourth-order valence-electron chi connectivity index (χ4n) is 2.28. The second-order valence-corrected chi connectivity index (χ2v) is 6.46. The first-order valence-corrected chi connectivity index (χ1v) is 7.22. The third-order valence-electron chi connectivity index (χ3n) is 3.24. The topological polar surface area (TPSA) is 55.4 Å². The average Bonchev–Trinajstić information content (AvgIpc) is 2.51. The van der Waals surface area contributed by atoms with Crippen LogP contribution in [0.4, 0.5) is 0 Å². The molecule has 2 rings (SSSR count). The molecule has 0 aromatic heterocycles. The number of methoxy groups -OCH3 is 1. The number of rotatable bonds is 3. The van der Waals surface area contributed by atoms with E-state index in [1.807, 2.05) is 13.0 Å². The molecule has 1 aliphatic heterocycles. The first-order chi connectivity index (χ1) is 8.02. The number of fused-ring (bicyclic) bond motifs is 1. The summed E-state index contributed by atoms with van der Waals surface area (Å²) in [7, 11) is -1.62. The number of hydrogen-bond acceptors (Lipinski definition) is 4. The van der Waals surface area contributed by atoms with Crippen molar-refractivity contribution in [1.82, 2.24) is 5.32 Å². The van der Waals surface area contributed by atoms with Gasteiger partial charge in [0.2, 0.25) is 0 Å². The molecule has 0 saturated carbocycles. The summed E-state index contributed by atoms with van der Waals surface area (Å²) in [5.41, 5.74) is 0.818. The van der Waals surface area contributed by atoms with E-state index < -0.39 is 15.1 Å². The molecule has 0 aliphatic carbocycles. The molecule has 2 atom stereocenters. The van der Waals surface area contributed by atoms with Gasteiger partial charge in [-0.15, -0.1) is 0 Å². The van der Waals surface area contributed by atoms with Crippen molar-refractivity contribution >= 4 is 9.84 Å². The van der Waals surface area contributed by atoms with Crippen molar-refractivity contribution in [3.8, 4) is 5.75 Å². The average molecular weight is 255 g/mol. The van der Waals surface area contributed by atoms with Crippen LogP contribution in [-0.4, -0.2) is 27.3 Å². The molecule has 0 bridgehead atoms. The highest BCUT2D eigenvalue weighted by Crippen LogP contribution is 2.40. The van der Waals surface area contributed by atoms with Crippen LogP contribution in [0.15, 0.2) is 23.1 Å². The second kappa shape index (κ2) is 4.31. The quantitative estimate of drug-likeness (QED) is 0.889. The van der Waals surface area contributed by atoms with Gasteiger partial charge in [-0.25, -0.2) is 8.42 Å². The zero-order valence-electron chi connectivity index (χ0n) is 10.2. The lowest BCUT2D eigenvalue weighted by atomic mass is 10.0. The zero-order valence-corrected chi connectivity index (χ0v) is 11.0. The molecule has 1 aromatic rings. The molecule has 1 aliphatic rings.